The van der Waals surface area contributed by atoms with Gasteiger partial charge in [0.1, 0.15) is 5.41 Å². The van der Waals surface area contributed by atoms with Crippen molar-refractivity contribution in [1.29, 1.82) is 0 Å². The van der Waals surface area contributed by atoms with E-state index >= 15 is 0 Å². The van der Waals surface area contributed by atoms with E-state index in [-0.39, 0.29) is 6.42 Å². The van der Waals surface area contributed by atoms with Gasteiger partial charge in [0.15, 0.2) is 0 Å². The molecule has 0 saturated carbocycles. The van der Waals surface area contributed by atoms with Gasteiger partial charge in [-0.25, -0.2) is 0 Å². The van der Waals surface area contributed by atoms with Crippen LogP contribution in [0.2, 0.25) is 0 Å². The number of carbonyl (C=O) groups is 2. The third-order valence-corrected chi connectivity index (χ3v) is 2.55. The fourth-order valence-electron chi connectivity index (χ4n) is 1.31. The quantitative estimate of drug-likeness (QED) is 0.506. The molecule has 1 aromatic carbocycles. The Morgan fingerprint density at radius 1 is 1.31 bits per heavy atom. The predicted octanol–water partition coefficient (Wildman–Crippen LogP) is 0.388. The van der Waals surface area contributed by atoms with Gasteiger partial charge in [0.25, 0.3) is 0 Å². The second kappa shape index (κ2) is 4.22. The number of carboxylic acid groups (broad SMARTS) is 1. The molecule has 0 aliphatic carbocycles. The van der Waals surface area contributed by atoms with E-state index in [9.17, 15) is 9.59 Å². The van der Waals surface area contributed by atoms with Crippen molar-refractivity contribution in [1.82, 2.24) is 0 Å². The fraction of sp³-hybridized carbons (Fsp3) is 0.273. The first-order valence-electron chi connectivity index (χ1n) is 4.74. The van der Waals surface area contributed by atoms with Gasteiger partial charge in [0, 0.05) is 5.69 Å². The largest absolute Gasteiger partial charge is 0.480 e. The molecule has 0 aliphatic heterocycles. The Hall–Kier alpha value is -2.04. The van der Waals surface area contributed by atoms with Gasteiger partial charge in [-0.05, 0) is 31.0 Å². The lowest BCUT2D eigenvalue weighted by atomic mass is 9.83. The first kappa shape index (κ1) is 12.0. The van der Waals surface area contributed by atoms with Crippen molar-refractivity contribution < 1.29 is 14.7 Å². The lowest BCUT2D eigenvalue weighted by Gasteiger charge is -2.20. The van der Waals surface area contributed by atoms with Crippen molar-refractivity contribution in [2.75, 3.05) is 5.73 Å². The summed E-state index contributed by atoms with van der Waals surface area (Å²) in [6.07, 6.45) is 0.0535. The van der Waals surface area contributed by atoms with Gasteiger partial charge in [0.2, 0.25) is 5.91 Å². The maximum absolute atomic E-state index is 11.2. The van der Waals surface area contributed by atoms with E-state index in [0.717, 1.165) is 0 Å². The minimum atomic E-state index is -1.59. The van der Waals surface area contributed by atoms with Crippen molar-refractivity contribution in [2.24, 2.45) is 11.1 Å². The molecule has 0 bridgehead atoms. The molecule has 1 rings (SSSR count). The molecule has 0 saturated heterocycles. The average Bonchev–Trinajstić information content (AvgIpc) is 2.20. The summed E-state index contributed by atoms with van der Waals surface area (Å²) in [6.45, 7) is 1.31. The highest BCUT2D eigenvalue weighted by molar-refractivity contribution is 6.00. The number of nitrogens with two attached hydrogens (primary N) is 2. The first-order valence-corrected chi connectivity index (χ1v) is 4.74. The highest BCUT2D eigenvalue weighted by Crippen LogP contribution is 2.23. The van der Waals surface area contributed by atoms with Crippen molar-refractivity contribution in [3.63, 3.8) is 0 Å². The Morgan fingerprint density at radius 2 is 1.81 bits per heavy atom. The molecule has 1 atom stereocenters. The SMILES string of the molecule is CC(Cc1ccc(N)cc1)(C(N)=O)C(=O)O. The molecule has 1 amide bonds. The zero-order valence-electron chi connectivity index (χ0n) is 8.93. The van der Waals surface area contributed by atoms with Gasteiger partial charge in [0.05, 0.1) is 0 Å². The topological polar surface area (TPSA) is 106 Å². The van der Waals surface area contributed by atoms with E-state index in [1.165, 1.54) is 6.92 Å². The van der Waals surface area contributed by atoms with Gasteiger partial charge in [-0.2, -0.15) is 0 Å². The van der Waals surface area contributed by atoms with E-state index in [1.54, 1.807) is 24.3 Å². The number of benzene rings is 1. The van der Waals surface area contributed by atoms with Crippen LogP contribution in [0, 0.1) is 5.41 Å². The molecule has 5 heteroatoms. The molecule has 5 N–H and O–H groups in total. The molecule has 0 radical (unpaired) electrons. The second-order valence-corrected chi connectivity index (χ2v) is 3.92. The fourth-order valence-corrected chi connectivity index (χ4v) is 1.31. The number of nitrogen functional groups attached to an aromatic ring is 1. The Labute approximate surface area is 93.1 Å². The van der Waals surface area contributed by atoms with E-state index in [2.05, 4.69) is 0 Å². The number of rotatable bonds is 4. The van der Waals surface area contributed by atoms with E-state index in [0.29, 0.717) is 11.3 Å². The number of aliphatic carboxylic acids is 1. The predicted molar refractivity (Wildman–Crippen MR) is 59.5 cm³/mol. The standard InChI is InChI=1S/C11H14N2O3/c1-11(9(13)14,10(15)16)6-7-2-4-8(12)5-3-7/h2-5H,6,12H2,1H3,(H2,13,14)(H,15,16). The molecular formula is C11H14N2O3. The lowest BCUT2D eigenvalue weighted by molar-refractivity contribution is -0.153. The molecule has 0 spiro atoms. The number of primary amides is 1. The van der Waals surface area contributed by atoms with Crippen LogP contribution in [-0.2, 0) is 16.0 Å². The van der Waals surface area contributed by atoms with Gasteiger partial charge in [-0.1, -0.05) is 12.1 Å². The molecular weight excluding hydrogens is 208 g/mol. The number of anilines is 1. The smallest absolute Gasteiger partial charge is 0.319 e. The Kier molecular flexibility index (Phi) is 3.17. The van der Waals surface area contributed by atoms with Crippen LogP contribution in [-0.4, -0.2) is 17.0 Å². The zero-order valence-corrected chi connectivity index (χ0v) is 8.93. The second-order valence-electron chi connectivity index (χ2n) is 3.92. The molecule has 16 heavy (non-hydrogen) atoms. The summed E-state index contributed by atoms with van der Waals surface area (Å²) in [5.74, 6) is -2.08. The third-order valence-electron chi connectivity index (χ3n) is 2.55. The molecule has 1 unspecified atom stereocenters. The van der Waals surface area contributed by atoms with Crippen LogP contribution in [0.4, 0.5) is 5.69 Å². The van der Waals surface area contributed by atoms with E-state index < -0.39 is 17.3 Å². The van der Waals surface area contributed by atoms with Crippen molar-refractivity contribution in [3.8, 4) is 0 Å². The number of carboxylic acids is 1. The summed E-state index contributed by atoms with van der Waals surface area (Å²) in [5, 5.41) is 8.99. The number of amides is 1. The van der Waals surface area contributed by atoms with Crippen molar-refractivity contribution in [2.45, 2.75) is 13.3 Å². The highest BCUT2D eigenvalue weighted by atomic mass is 16.4. The lowest BCUT2D eigenvalue weighted by Crippen LogP contribution is -2.43. The number of carbonyl (C=O) groups excluding carboxylic acids is 1. The van der Waals surface area contributed by atoms with Gasteiger partial charge >= 0.3 is 5.97 Å². The van der Waals surface area contributed by atoms with Crippen molar-refractivity contribution >= 4 is 17.6 Å². The molecule has 86 valence electrons. The summed E-state index contributed by atoms with van der Waals surface area (Å²) in [4.78, 5) is 22.2. The third kappa shape index (κ3) is 2.31. The Bertz CT molecular complexity index is 398. The summed E-state index contributed by atoms with van der Waals surface area (Å²) in [5.41, 5.74) is 10.3. The van der Waals surface area contributed by atoms with Gasteiger partial charge in [-0.15, -0.1) is 0 Å². The van der Waals surface area contributed by atoms with Crippen LogP contribution in [0.5, 0.6) is 0 Å². The first-order chi connectivity index (χ1) is 7.36. The summed E-state index contributed by atoms with van der Waals surface area (Å²) in [6, 6.07) is 6.66. The van der Waals surface area contributed by atoms with Crippen molar-refractivity contribution in [3.05, 3.63) is 29.8 Å². The summed E-state index contributed by atoms with van der Waals surface area (Å²) < 4.78 is 0. The molecule has 1 aromatic rings. The molecule has 0 fully saturated rings. The normalized spacial score (nSPS) is 14.1. The molecule has 0 heterocycles. The maximum Gasteiger partial charge on any atom is 0.319 e. The minimum absolute atomic E-state index is 0.0535. The van der Waals surface area contributed by atoms with Crippen LogP contribution in [0.3, 0.4) is 0 Å². The van der Waals surface area contributed by atoms with Crippen LogP contribution in [0.15, 0.2) is 24.3 Å². The molecule has 0 aliphatic rings. The van der Waals surface area contributed by atoms with E-state index in [4.69, 9.17) is 16.6 Å². The number of hydrogen-bond acceptors (Lipinski definition) is 3. The average molecular weight is 222 g/mol. The van der Waals surface area contributed by atoms with Crippen LogP contribution in [0.25, 0.3) is 0 Å². The zero-order chi connectivity index (χ0) is 12.3. The monoisotopic (exact) mass is 222 g/mol. The summed E-state index contributed by atoms with van der Waals surface area (Å²) >= 11 is 0. The Balaban J connectivity index is 2.97. The van der Waals surface area contributed by atoms with Gasteiger partial charge < -0.3 is 16.6 Å². The van der Waals surface area contributed by atoms with Gasteiger partial charge in [-0.3, -0.25) is 9.59 Å². The van der Waals surface area contributed by atoms with E-state index in [1.807, 2.05) is 0 Å². The summed E-state index contributed by atoms with van der Waals surface area (Å²) in [7, 11) is 0. The molecule has 5 nitrogen and oxygen atoms in total. The maximum atomic E-state index is 11.2. The minimum Gasteiger partial charge on any atom is -0.480 e. The highest BCUT2D eigenvalue weighted by Gasteiger charge is 2.39. The van der Waals surface area contributed by atoms with Crippen LogP contribution < -0.4 is 11.5 Å². The van der Waals surface area contributed by atoms with Crippen LogP contribution in [0.1, 0.15) is 12.5 Å². The van der Waals surface area contributed by atoms with Crippen LogP contribution >= 0.6 is 0 Å². The number of hydrogen-bond donors (Lipinski definition) is 3. The molecule has 0 aromatic heterocycles. The Morgan fingerprint density at radius 3 is 2.19 bits per heavy atom.